The van der Waals surface area contributed by atoms with Gasteiger partial charge in [-0.15, -0.1) is 0 Å². The molecule has 3 unspecified atom stereocenters. The molecule has 0 saturated carbocycles. The van der Waals surface area contributed by atoms with E-state index in [-0.39, 0.29) is 5.92 Å². The Morgan fingerprint density at radius 3 is 2.40 bits per heavy atom. The maximum Gasteiger partial charge on any atom is 0.126 e. The molecule has 3 atom stereocenters. The summed E-state index contributed by atoms with van der Waals surface area (Å²) >= 11 is 0. The van der Waals surface area contributed by atoms with Crippen LogP contribution in [0.5, 0.6) is 0 Å². The molecule has 0 heterocycles. The number of rotatable bonds is 4. The fourth-order valence-corrected chi connectivity index (χ4v) is 2.40. The quantitative estimate of drug-likeness (QED) is 0.507. The third kappa shape index (κ3) is 3.19. The van der Waals surface area contributed by atoms with Crippen LogP contribution in [0.25, 0.3) is 0 Å². The van der Waals surface area contributed by atoms with E-state index in [9.17, 15) is 4.79 Å². The second-order valence-electron chi connectivity index (χ2n) is 5.34. The van der Waals surface area contributed by atoms with Crippen molar-refractivity contribution in [3.63, 3.8) is 0 Å². The molecular formula is C14H24O. The Morgan fingerprint density at radius 2 is 2.00 bits per heavy atom. The highest BCUT2D eigenvalue weighted by molar-refractivity contribution is 5.58. The van der Waals surface area contributed by atoms with Crippen LogP contribution in [0.2, 0.25) is 0 Å². The average molecular weight is 208 g/mol. The van der Waals surface area contributed by atoms with Gasteiger partial charge in [-0.3, -0.25) is 0 Å². The van der Waals surface area contributed by atoms with E-state index in [0.717, 1.165) is 30.5 Å². The molecular weight excluding hydrogens is 184 g/mol. The molecule has 1 heteroatoms. The van der Waals surface area contributed by atoms with E-state index in [1.54, 1.807) is 0 Å². The molecule has 1 nitrogen and oxygen atoms in total. The van der Waals surface area contributed by atoms with Crippen LogP contribution in [0, 0.1) is 23.7 Å². The van der Waals surface area contributed by atoms with Crippen molar-refractivity contribution in [1.82, 2.24) is 0 Å². The molecule has 86 valence electrons. The van der Waals surface area contributed by atoms with Gasteiger partial charge in [0.15, 0.2) is 0 Å². The molecule has 0 N–H and O–H groups in total. The molecule has 0 aromatic carbocycles. The largest absolute Gasteiger partial charge is 0.303 e. The maximum absolute atomic E-state index is 10.7. The minimum atomic E-state index is 0.139. The molecule has 15 heavy (non-hydrogen) atoms. The number of allylic oxidation sites excluding steroid dienone is 2. The molecule has 1 aliphatic carbocycles. The second kappa shape index (κ2) is 5.48. The Balaban J connectivity index is 2.54. The van der Waals surface area contributed by atoms with Gasteiger partial charge in [-0.25, -0.2) is 0 Å². The predicted molar refractivity (Wildman–Crippen MR) is 64.7 cm³/mol. The molecule has 0 aromatic rings. The van der Waals surface area contributed by atoms with Gasteiger partial charge in [-0.05, 0) is 37.0 Å². The molecule has 1 aliphatic rings. The lowest BCUT2D eigenvalue weighted by Crippen LogP contribution is -2.20. The first-order chi connectivity index (χ1) is 7.06. The van der Waals surface area contributed by atoms with Crippen LogP contribution in [-0.2, 0) is 4.79 Å². The summed E-state index contributed by atoms with van der Waals surface area (Å²) in [6, 6.07) is 0. The van der Waals surface area contributed by atoms with Crippen LogP contribution >= 0.6 is 0 Å². The Kier molecular flexibility index (Phi) is 4.56. The van der Waals surface area contributed by atoms with Crippen LogP contribution < -0.4 is 0 Å². The summed E-state index contributed by atoms with van der Waals surface area (Å²) < 4.78 is 0. The highest BCUT2D eigenvalue weighted by Crippen LogP contribution is 2.34. The van der Waals surface area contributed by atoms with E-state index >= 15 is 0 Å². The third-order valence-corrected chi connectivity index (χ3v) is 4.07. The second-order valence-corrected chi connectivity index (χ2v) is 5.34. The van der Waals surface area contributed by atoms with E-state index in [4.69, 9.17) is 0 Å². The smallest absolute Gasteiger partial charge is 0.126 e. The molecule has 0 saturated heterocycles. The minimum absolute atomic E-state index is 0.139. The summed E-state index contributed by atoms with van der Waals surface area (Å²) in [7, 11) is 0. The zero-order chi connectivity index (χ0) is 11.4. The first-order valence-electron chi connectivity index (χ1n) is 6.20. The molecule has 0 fully saturated rings. The summed E-state index contributed by atoms with van der Waals surface area (Å²) in [6.07, 6.45) is 6.95. The lowest BCUT2D eigenvalue weighted by molar-refractivity contribution is -0.109. The van der Waals surface area contributed by atoms with E-state index in [2.05, 4.69) is 26.8 Å². The highest BCUT2D eigenvalue weighted by atomic mass is 16.1. The average Bonchev–Trinajstić information content (AvgIpc) is 2.27. The highest BCUT2D eigenvalue weighted by Gasteiger charge is 2.23. The third-order valence-electron chi connectivity index (χ3n) is 4.07. The number of hydrogen-bond donors (Lipinski definition) is 0. The number of hydrogen-bond acceptors (Lipinski definition) is 1. The molecule has 0 amide bonds. The first-order valence-corrected chi connectivity index (χ1v) is 6.20. The molecule has 0 aliphatic heterocycles. The van der Waals surface area contributed by atoms with E-state index < -0.39 is 0 Å². The lowest BCUT2D eigenvalue weighted by Gasteiger charge is -2.30. The summed E-state index contributed by atoms with van der Waals surface area (Å²) in [5, 5.41) is 0. The summed E-state index contributed by atoms with van der Waals surface area (Å²) in [5.74, 6) is 2.54. The fraction of sp³-hybridized carbons (Fsp3) is 0.786. The topological polar surface area (TPSA) is 17.1 Å². The van der Waals surface area contributed by atoms with Gasteiger partial charge in [0, 0.05) is 5.92 Å². The van der Waals surface area contributed by atoms with Crippen molar-refractivity contribution in [2.24, 2.45) is 23.7 Å². The monoisotopic (exact) mass is 208 g/mol. The van der Waals surface area contributed by atoms with Crippen molar-refractivity contribution in [2.75, 3.05) is 0 Å². The Labute approximate surface area is 93.9 Å². The molecule has 0 aromatic heterocycles. The van der Waals surface area contributed by atoms with Crippen LogP contribution in [0.15, 0.2) is 11.6 Å². The van der Waals surface area contributed by atoms with Crippen LogP contribution in [0.1, 0.15) is 47.0 Å². The van der Waals surface area contributed by atoms with Crippen molar-refractivity contribution in [2.45, 2.75) is 47.0 Å². The Bertz CT molecular complexity index is 240. The van der Waals surface area contributed by atoms with E-state index in [0.29, 0.717) is 0 Å². The van der Waals surface area contributed by atoms with Gasteiger partial charge in [0.25, 0.3) is 0 Å². The summed E-state index contributed by atoms with van der Waals surface area (Å²) in [6.45, 7) is 8.97. The first kappa shape index (κ1) is 12.5. The van der Waals surface area contributed by atoms with Crippen molar-refractivity contribution in [3.8, 4) is 0 Å². The van der Waals surface area contributed by atoms with Gasteiger partial charge in [0.1, 0.15) is 6.29 Å². The molecule has 1 rings (SSSR count). The van der Waals surface area contributed by atoms with Crippen molar-refractivity contribution < 1.29 is 4.79 Å². The van der Waals surface area contributed by atoms with Crippen LogP contribution in [0.4, 0.5) is 0 Å². The van der Waals surface area contributed by atoms with Crippen molar-refractivity contribution in [3.05, 3.63) is 11.6 Å². The van der Waals surface area contributed by atoms with Gasteiger partial charge in [0.2, 0.25) is 0 Å². The number of carbonyl (C=O) groups excluding carboxylic acids is 1. The fourth-order valence-electron chi connectivity index (χ4n) is 2.40. The zero-order valence-electron chi connectivity index (χ0n) is 10.5. The van der Waals surface area contributed by atoms with Gasteiger partial charge in [-0.1, -0.05) is 39.3 Å². The van der Waals surface area contributed by atoms with Gasteiger partial charge in [0.05, 0.1) is 0 Å². The van der Waals surface area contributed by atoms with Crippen LogP contribution in [-0.4, -0.2) is 6.29 Å². The summed E-state index contributed by atoms with van der Waals surface area (Å²) in [4.78, 5) is 10.7. The van der Waals surface area contributed by atoms with Gasteiger partial charge >= 0.3 is 0 Å². The Hall–Kier alpha value is -0.590. The zero-order valence-corrected chi connectivity index (χ0v) is 10.5. The van der Waals surface area contributed by atoms with E-state index in [1.807, 2.05) is 6.92 Å². The number of carbonyl (C=O) groups is 1. The lowest BCUT2D eigenvalue weighted by atomic mass is 9.75. The molecule has 0 bridgehead atoms. The number of aldehydes is 1. The van der Waals surface area contributed by atoms with Gasteiger partial charge in [-0.2, -0.15) is 0 Å². The predicted octanol–water partition coefficient (Wildman–Crippen LogP) is 3.84. The summed E-state index contributed by atoms with van der Waals surface area (Å²) in [5.41, 5.74) is 1.36. The van der Waals surface area contributed by atoms with Gasteiger partial charge < -0.3 is 4.79 Å². The molecule has 0 spiro atoms. The van der Waals surface area contributed by atoms with Crippen molar-refractivity contribution >= 4 is 6.29 Å². The normalized spacial score (nSPS) is 25.9. The van der Waals surface area contributed by atoms with Crippen molar-refractivity contribution in [1.29, 1.82) is 0 Å². The minimum Gasteiger partial charge on any atom is -0.303 e. The standard InChI is InChI=1S/C14H24O/c1-10(2)12(4)14-7-5-13(6-8-14)11(3)9-15/h5,9-12,14H,6-8H2,1-4H3. The SMILES string of the molecule is CC(C=O)C1=CCC(C(C)C(C)C)CC1. The van der Waals surface area contributed by atoms with E-state index in [1.165, 1.54) is 18.4 Å². The Morgan fingerprint density at radius 1 is 1.33 bits per heavy atom. The molecule has 0 radical (unpaired) electrons. The maximum atomic E-state index is 10.7. The van der Waals surface area contributed by atoms with Crippen LogP contribution in [0.3, 0.4) is 0 Å².